The molecule has 6 heterocycles. The van der Waals surface area contributed by atoms with Crippen LogP contribution in [0.4, 0.5) is 11.5 Å². The number of ether oxygens (including phenoxy) is 1. The molecule has 9 heteroatoms. The number of hydrogen-bond acceptors (Lipinski definition) is 7. The van der Waals surface area contributed by atoms with Crippen LogP contribution in [-0.4, -0.2) is 81.9 Å². The van der Waals surface area contributed by atoms with Crippen LogP contribution in [-0.2, 0) is 14.9 Å². The van der Waals surface area contributed by atoms with Crippen LogP contribution >= 0.6 is 0 Å². The predicted molar refractivity (Wildman–Crippen MR) is 163 cm³/mol. The molecule has 2 aromatic heterocycles. The summed E-state index contributed by atoms with van der Waals surface area (Å²) >= 11 is 0. The van der Waals surface area contributed by atoms with Crippen LogP contribution in [0.3, 0.4) is 0 Å². The lowest BCUT2D eigenvalue weighted by Crippen LogP contribution is -2.70. The summed E-state index contributed by atoms with van der Waals surface area (Å²) in [6.07, 6.45) is 9.43. The molecule has 2 bridgehead atoms. The van der Waals surface area contributed by atoms with Crippen LogP contribution in [0.5, 0.6) is 0 Å². The number of rotatable bonds is 6. The fourth-order valence-corrected chi connectivity index (χ4v) is 8.55. The minimum atomic E-state index is -0.405. The van der Waals surface area contributed by atoms with Gasteiger partial charge in [-0.05, 0) is 89.6 Å². The summed E-state index contributed by atoms with van der Waals surface area (Å²) in [5.74, 6) is 1.24. The molecule has 1 unspecified atom stereocenters. The maximum atomic E-state index is 14.4. The van der Waals surface area contributed by atoms with Crippen molar-refractivity contribution >= 4 is 28.4 Å². The largest absolute Gasteiger partial charge is 0.378 e. The molecule has 2 atom stereocenters. The second kappa shape index (κ2) is 9.24. The van der Waals surface area contributed by atoms with Crippen molar-refractivity contribution in [2.75, 3.05) is 36.5 Å². The zero-order chi connectivity index (χ0) is 28.2. The van der Waals surface area contributed by atoms with Crippen LogP contribution in [0.15, 0.2) is 30.6 Å². The Hall–Kier alpha value is -3.01. The zero-order valence-electron chi connectivity index (χ0n) is 24.7. The summed E-state index contributed by atoms with van der Waals surface area (Å²) < 4.78 is 7.96. The van der Waals surface area contributed by atoms with E-state index >= 15 is 0 Å². The van der Waals surface area contributed by atoms with E-state index in [4.69, 9.17) is 14.7 Å². The zero-order valence-corrected chi connectivity index (χ0v) is 24.7. The van der Waals surface area contributed by atoms with Crippen molar-refractivity contribution in [3.8, 4) is 11.3 Å². The van der Waals surface area contributed by atoms with Crippen molar-refractivity contribution in [2.24, 2.45) is 0 Å². The van der Waals surface area contributed by atoms with Gasteiger partial charge in [0.15, 0.2) is 5.82 Å². The van der Waals surface area contributed by atoms with Gasteiger partial charge in [0.1, 0.15) is 5.52 Å². The first-order valence-corrected chi connectivity index (χ1v) is 16.2. The summed E-state index contributed by atoms with van der Waals surface area (Å²) in [7, 11) is 0. The number of aromatic nitrogens is 3. The molecule has 2 saturated carbocycles. The van der Waals surface area contributed by atoms with Crippen molar-refractivity contribution in [3.63, 3.8) is 0 Å². The maximum Gasteiger partial charge on any atom is 0.238 e. The smallest absolute Gasteiger partial charge is 0.238 e. The lowest BCUT2D eigenvalue weighted by Gasteiger charge is -2.60. The highest BCUT2D eigenvalue weighted by molar-refractivity contribution is 6.09. The molecule has 3 saturated heterocycles. The van der Waals surface area contributed by atoms with Gasteiger partial charge < -0.3 is 24.8 Å². The standard InChI is InChI=1S/C33H41N7O2/c1-19(2)38-18-35-28-15-27(37-31(30(28)38)36-21-4-5-21)20-3-6-26-29(11-20)40(32(41)33(26)7-9-34-10-8-33)23-12-22(13-23)39-24-14-25(39)17-42-16-24/h3,6,11,15,18-19,21-25,34H,4-5,7-10,12-14,16-17H2,1-2H3,(H,36,37)/t22?,23?,24-,25?/m0/s1. The summed E-state index contributed by atoms with van der Waals surface area (Å²) in [5.41, 5.74) is 5.94. The third-order valence-corrected chi connectivity index (χ3v) is 11.1. The van der Waals surface area contributed by atoms with E-state index in [-0.39, 0.29) is 6.04 Å². The topological polar surface area (TPSA) is 87.6 Å². The first kappa shape index (κ1) is 25.5. The van der Waals surface area contributed by atoms with Gasteiger partial charge in [0.25, 0.3) is 0 Å². The number of fused-ring (bicyclic) bond motifs is 5. The lowest BCUT2D eigenvalue weighted by molar-refractivity contribution is -0.161. The monoisotopic (exact) mass is 567 g/mol. The molecular weight excluding hydrogens is 526 g/mol. The Labute approximate surface area is 247 Å². The van der Waals surface area contributed by atoms with E-state index in [0.717, 1.165) is 85.8 Å². The molecule has 1 spiro atoms. The van der Waals surface area contributed by atoms with E-state index in [1.165, 1.54) is 24.8 Å². The number of piperidine rings is 1. The fourth-order valence-electron chi connectivity index (χ4n) is 8.55. The Bertz CT molecular complexity index is 1550. The highest BCUT2D eigenvalue weighted by atomic mass is 16.5. The van der Waals surface area contributed by atoms with E-state index in [1.807, 2.05) is 6.33 Å². The average molecular weight is 568 g/mol. The number of hydrogen-bond donors (Lipinski definition) is 2. The molecule has 9 nitrogen and oxygen atoms in total. The minimum absolute atomic E-state index is 0.261. The molecule has 4 aliphatic heterocycles. The number of pyridine rings is 1. The van der Waals surface area contributed by atoms with Crippen LogP contribution in [0.2, 0.25) is 0 Å². The van der Waals surface area contributed by atoms with Crippen LogP contribution in [0, 0.1) is 0 Å². The average Bonchev–Trinajstić information content (AvgIpc) is 3.64. The van der Waals surface area contributed by atoms with E-state index < -0.39 is 5.41 Å². The SMILES string of the molecule is CC(C)n1cnc2cc(-c3ccc4c(c3)N(C3CC(N5C6COC[C@@H]5C6)C3)C(=O)C43CCNCC3)nc(NC3CC3)c21. The molecular formula is C33H41N7O2. The lowest BCUT2D eigenvalue weighted by atomic mass is 9.73. The number of anilines is 2. The van der Waals surface area contributed by atoms with Gasteiger partial charge >= 0.3 is 0 Å². The molecule has 9 rings (SSSR count). The van der Waals surface area contributed by atoms with E-state index in [9.17, 15) is 4.79 Å². The fraction of sp³-hybridized carbons (Fsp3) is 0.606. The predicted octanol–water partition coefficient (Wildman–Crippen LogP) is 4.23. The third-order valence-electron chi connectivity index (χ3n) is 11.1. The number of carbonyl (C=O) groups is 1. The Morgan fingerprint density at radius 3 is 2.50 bits per heavy atom. The number of amides is 1. The Morgan fingerprint density at radius 2 is 1.79 bits per heavy atom. The molecule has 2 N–H and O–H groups in total. The van der Waals surface area contributed by atoms with Gasteiger partial charge in [-0.25, -0.2) is 9.97 Å². The van der Waals surface area contributed by atoms with E-state index in [1.54, 1.807) is 0 Å². The number of nitrogens with one attached hydrogen (secondary N) is 2. The van der Waals surface area contributed by atoms with Gasteiger partial charge in [-0.15, -0.1) is 0 Å². The van der Waals surface area contributed by atoms with Gasteiger partial charge in [0, 0.05) is 47.5 Å². The molecule has 6 aliphatic rings. The van der Waals surface area contributed by atoms with Crippen molar-refractivity contribution < 1.29 is 9.53 Å². The third kappa shape index (κ3) is 3.69. The summed E-state index contributed by atoms with van der Waals surface area (Å²) in [4.78, 5) is 29.3. The normalized spacial score (nSPS) is 30.1. The maximum absolute atomic E-state index is 14.4. The molecule has 1 aromatic carbocycles. The number of imidazole rings is 1. The van der Waals surface area contributed by atoms with Crippen LogP contribution in [0.1, 0.15) is 70.4 Å². The summed E-state index contributed by atoms with van der Waals surface area (Å²) in [5, 5.41) is 7.18. The Kier molecular flexibility index (Phi) is 5.61. The van der Waals surface area contributed by atoms with Gasteiger partial charge in [0.05, 0.1) is 36.2 Å². The first-order chi connectivity index (χ1) is 20.5. The van der Waals surface area contributed by atoms with Crippen molar-refractivity contribution in [2.45, 2.75) is 100 Å². The van der Waals surface area contributed by atoms with Crippen molar-refractivity contribution in [1.82, 2.24) is 24.8 Å². The molecule has 42 heavy (non-hydrogen) atoms. The van der Waals surface area contributed by atoms with Gasteiger partial charge in [0.2, 0.25) is 5.91 Å². The number of morpholine rings is 1. The van der Waals surface area contributed by atoms with Crippen LogP contribution in [0.25, 0.3) is 22.3 Å². The minimum Gasteiger partial charge on any atom is -0.378 e. The molecule has 3 aromatic rings. The summed E-state index contributed by atoms with van der Waals surface area (Å²) in [6.45, 7) is 7.88. The van der Waals surface area contributed by atoms with E-state index in [0.29, 0.717) is 36.1 Å². The number of carbonyl (C=O) groups excluding carboxylic acids is 1. The highest BCUT2D eigenvalue weighted by Gasteiger charge is 2.57. The Morgan fingerprint density at radius 1 is 1.02 bits per heavy atom. The first-order valence-electron chi connectivity index (χ1n) is 16.2. The Balaban J connectivity index is 1.09. The molecule has 5 fully saturated rings. The van der Waals surface area contributed by atoms with Crippen molar-refractivity contribution in [3.05, 3.63) is 36.2 Å². The molecule has 220 valence electrons. The molecule has 1 amide bonds. The summed E-state index contributed by atoms with van der Waals surface area (Å²) in [6, 6.07) is 11.6. The second-order valence-corrected chi connectivity index (χ2v) is 13.9. The van der Waals surface area contributed by atoms with Gasteiger partial charge in [-0.3, -0.25) is 9.69 Å². The van der Waals surface area contributed by atoms with E-state index in [2.05, 4.69) is 63.1 Å². The van der Waals surface area contributed by atoms with Crippen molar-refractivity contribution in [1.29, 1.82) is 0 Å². The molecule has 0 radical (unpaired) electrons. The van der Waals surface area contributed by atoms with Gasteiger partial charge in [-0.2, -0.15) is 0 Å². The highest BCUT2D eigenvalue weighted by Crippen LogP contribution is 2.52. The number of benzene rings is 1. The quantitative estimate of drug-likeness (QED) is 0.461. The second-order valence-electron chi connectivity index (χ2n) is 13.9. The van der Waals surface area contributed by atoms with Gasteiger partial charge in [-0.1, -0.05) is 12.1 Å². The van der Waals surface area contributed by atoms with Crippen LogP contribution < -0.4 is 15.5 Å². The molecule has 2 aliphatic carbocycles. The number of nitrogens with zero attached hydrogens (tertiary/aromatic N) is 5.